The maximum absolute atomic E-state index is 12.1. The molecule has 1 aromatic carbocycles. The van der Waals surface area contributed by atoms with E-state index in [2.05, 4.69) is 10.2 Å². The first-order valence-electron chi connectivity index (χ1n) is 8.77. The van der Waals surface area contributed by atoms with E-state index in [1.54, 1.807) is 6.92 Å². The second-order valence-corrected chi connectivity index (χ2v) is 5.78. The average molecular weight is 349 g/mol. The summed E-state index contributed by atoms with van der Waals surface area (Å²) in [6.45, 7) is 6.98. The van der Waals surface area contributed by atoms with Gasteiger partial charge < -0.3 is 19.7 Å². The second-order valence-electron chi connectivity index (χ2n) is 5.78. The first kappa shape index (κ1) is 19.1. The standard InChI is InChI=1S/C18H27N3O4/c1-2-24-18(23)19-9-8-17(22)21-12-10-20(11-13-21)14-15-25-16-6-4-3-5-7-16/h3-7H,2,8-15H2,1H3,(H,19,23). The summed E-state index contributed by atoms with van der Waals surface area (Å²) < 4.78 is 10.5. The van der Waals surface area contributed by atoms with Gasteiger partial charge in [0.1, 0.15) is 12.4 Å². The fourth-order valence-electron chi connectivity index (χ4n) is 2.64. The minimum Gasteiger partial charge on any atom is -0.492 e. The second kappa shape index (κ2) is 10.6. The number of piperazine rings is 1. The van der Waals surface area contributed by atoms with E-state index in [9.17, 15) is 9.59 Å². The molecule has 1 fully saturated rings. The number of alkyl carbamates (subject to hydrolysis) is 1. The molecule has 0 atom stereocenters. The Kier molecular flexibility index (Phi) is 8.04. The molecule has 7 heteroatoms. The van der Waals surface area contributed by atoms with Crippen LogP contribution in [0.2, 0.25) is 0 Å². The quantitative estimate of drug-likeness (QED) is 0.767. The molecule has 0 unspecified atom stereocenters. The Labute approximate surface area is 148 Å². The van der Waals surface area contributed by atoms with Gasteiger partial charge in [0.2, 0.25) is 5.91 Å². The number of nitrogens with zero attached hydrogens (tertiary/aromatic N) is 2. The molecular formula is C18H27N3O4. The Morgan fingerprint density at radius 1 is 1.12 bits per heavy atom. The molecule has 0 aromatic heterocycles. The predicted octanol–water partition coefficient (Wildman–Crippen LogP) is 1.35. The highest BCUT2D eigenvalue weighted by atomic mass is 16.5. The van der Waals surface area contributed by atoms with E-state index in [1.165, 1.54) is 0 Å². The summed E-state index contributed by atoms with van der Waals surface area (Å²) >= 11 is 0. The van der Waals surface area contributed by atoms with Crippen molar-refractivity contribution in [1.29, 1.82) is 0 Å². The third-order valence-corrected chi connectivity index (χ3v) is 4.03. The van der Waals surface area contributed by atoms with Crippen molar-refractivity contribution >= 4 is 12.0 Å². The molecule has 1 N–H and O–H groups in total. The van der Waals surface area contributed by atoms with Crippen LogP contribution in [0.1, 0.15) is 13.3 Å². The van der Waals surface area contributed by atoms with E-state index in [0.29, 0.717) is 39.3 Å². The van der Waals surface area contributed by atoms with Crippen molar-refractivity contribution in [2.75, 3.05) is 52.5 Å². The van der Waals surface area contributed by atoms with Crippen molar-refractivity contribution in [3.05, 3.63) is 30.3 Å². The number of hydrogen-bond acceptors (Lipinski definition) is 5. The summed E-state index contributed by atoms with van der Waals surface area (Å²) in [6, 6.07) is 9.76. The topological polar surface area (TPSA) is 71.1 Å². The van der Waals surface area contributed by atoms with Crippen molar-refractivity contribution in [3.63, 3.8) is 0 Å². The minimum absolute atomic E-state index is 0.0667. The van der Waals surface area contributed by atoms with Gasteiger partial charge in [-0.15, -0.1) is 0 Å². The highest BCUT2D eigenvalue weighted by Crippen LogP contribution is 2.09. The molecule has 138 valence electrons. The number of amides is 2. The van der Waals surface area contributed by atoms with Gasteiger partial charge in [-0.25, -0.2) is 4.79 Å². The molecule has 1 aliphatic heterocycles. The van der Waals surface area contributed by atoms with Gasteiger partial charge in [-0.3, -0.25) is 9.69 Å². The number of carbonyl (C=O) groups is 2. The maximum Gasteiger partial charge on any atom is 0.407 e. The summed E-state index contributed by atoms with van der Waals surface area (Å²) in [4.78, 5) is 27.4. The van der Waals surface area contributed by atoms with E-state index in [-0.39, 0.29) is 5.91 Å². The van der Waals surface area contributed by atoms with Crippen molar-refractivity contribution in [1.82, 2.24) is 15.1 Å². The monoisotopic (exact) mass is 349 g/mol. The lowest BCUT2D eigenvalue weighted by Gasteiger charge is -2.34. The van der Waals surface area contributed by atoms with Gasteiger partial charge in [0.15, 0.2) is 0 Å². The number of nitrogens with one attached hydrogen (secondary N) is 1. The normalized spacial score (nSPS) is 14.8. The number of benzene rings is 1. The molecule has 7 nitrogen and oxygen atoms in total. The molecule has 0 saturated carbocycles. The van der Waals surface area contributed by atoms with Crippen LogP contribution in [0.5, 0.6) is 5.75 Å². The largest absolute Gasteiger partial charge is 0.492 e. The molecule has 1 aromatic rings. The van der Waals surface area contributed by atoms with Crippen LogP contribution < -0.4 is 10.1 Å². The average Bonchev–Trinajstić information content (AvgIpc) is 2.63. The van der Waals surface area contributed by atoms with E-state index in [4.69, 9.17) is 9.47 Å². The number of para-hydroxylation sites is 1. The summed E-state index contributed by atoms with van der Waals surface area (Å²) in [6.07, 6.45) is -0.172. The van der Waals surface area contributed by atoms with Crippen molar-refractivity contribution in [3.8, 4) is 5.75 Å². The Balaban J connectivity index is 1.57. The Morgan fingerprint density at radius 2 is 1.84 bits per heavy atom. The molecule has 0 bridgehead atoms. The van der Waals surface area contributed by atoms with Gasteiger partial charge in [0.25, 0.3) is 0 Å². The zero-order valence-electron chi connectivity index (χ0n) is 14.8. The molecule has 0 radical (unpaired) electrons. The summed E-state index contributed by atoms with van der Waals surface area (Å²) in [5.41, 5.74) is 0. The molecule has 2 rings (SSSR count). The first-order chi connectivity index (χ1) is 12.2. The molecule has 1 aliphatic rings. The van der Waals surface area contributed by atoms with E-state index < -0.39 is 6.09 Å². The third kappa shape index (κ3) is 7.01. The summed E-state index contributed by atoms with van der Waals surface area (Å²) in [5.74, 6) is 0.947. The van der Waals surface area contributed by atoms with Gasteiger partial charge in [-0.1, -0.05) is 18.2 Å². The van der Waals surface area contributed by atoms with E-state index in [1.807, 2.05) is 35.2 Å². The number of carbonyl (C=O) groups excluding carboxylic acids is 2. The third-order valence-electron chi connectivity index (χ3n) is 4.03. The highest BCUT2D eigenvalue weighted by molar-refractivity contribution is 5.77. The molecular weight excluding hydrogens is 322 g/mol. The molecule has 2 amide bonds. The Bertz CT molecular complexity index is 530. The fourth-order valence-corrected chi connectivity index (χ4v) is 2.64. The summed E-state index contributed by atoms with van der Waals surface area (Å²) in [7, 11) is 0. The number of ether oxygens (including phenoxy) is 2. The molecule has 1 saturated heterocycles. The molecule has 25 heavy (non-hydrogen) atoms. The highest BCUT2D eigenvalue weighted by Gasteiger charge is 2.20. The summed E-state index contributed by atoms with van der Waals surface area (Å²) in [5, 5.41) is 2.57. The maximum atomic E-state index is 12.1. The van der Waals surface area contributed by atoms with Crippen LogP contribution in [0, 0.1) is 0 Å². The lowest BCUT2D eigenvalue weighted by molar-refractivity contribution is -0.132. The Morgan fingerprint density at radius 3 is 2.52 bits per heavy atom. The van der Waals surface area contributed by atoms with Gasteiger partial charge >= 0.3 is 6.09 Å². The minimum atomic E-state index is -0.474. The van der Waals surface area contributed by atoms with Crippen LogP contribution in [-0.4, -0.2) is 74.3 Å². The van der Waals surface area contributed by atoms with Gasteiger partial charge in [-0.05, 0) is 19.1 Å². The van der Waals surface area contributed by atoms with Gasteiger partial charge in [-0.2, -0.15) is 0 Å². The first-order valence-corrected chi connectivity index (χ1v) is 8.77. The smallest absolute Gasteiger partial charge is 0.407 e. The van der Waals surface area contributed by atoms with Gasteiger partial charge in [0.05, 0.1) is 6.61 Å². The lowest BCUT2D eigenvalue weighted by atomic mass is 10.2. The predicted molar refractivity (Wildman–Crippen MR) is 94.6 cm³/mol. The molecule has 0 aliphatic carbocycles. The van der Waals surface area contributed by atoms with Crippen LogP contribution in [0.25, 0.3) is 0 Å². The van der Waals surface area contributed by atoms with Crippen molar-refractivity contribution in [2.45, 2.75) is 13.3 Å². The lowest BCUT2D eigenvalue weighted by Crippen LogP contribution is -2.50. The Hall–Kier alpha value is -2.28. The van der Waals surface area contributed by atoms with E-state index in [0.717, 1.165) is 25.4 Å². The van der Waals surface area contributed by atoms with Crippen LogP contribution in [0.15, 0.2) is 30.3 Å². The SMILES string of the molecule is CCOC(=O)NCCC(=O)N1CCN(CCOc2ccccc2)CC1. The van der Waals surface area contributed by atoms with Crippen LogP contribution in [0.3, 0.4) is 0 Å². The van der Waals surface area contributed by atoms with Crippen molar-refractivity contribution in [2.24, 2.45) is 0 Å². The fraction of sp³-hybridized carbons (Fsp3) is 0.556. The zero-order valence-corrected chi connectivity index (χ0v) is 14.8. The van der Waals surface area contributed by atoms with Gasteiger partial charge in [0, 0.05) is 45.7 Å². The van der Waals surface area contributed by atoms with Crippen LogP contribution in [0.4, 0.5) is 4.79 Å². The number of hydrogen-bond donors (Lipinski definition) is 1. The van der Waals surface area contributed by atoms with Crippen LogP contribution in [-0.2, 0) is 9.53 Å². The van der Waals surface area contributed by atoms with Crippen molar-refractivity contribution < 1.29 is 19.1 Å². The van der Waals surface area contributed by atoms with Crippen LogP contribution >= 0.6 is 0 Å². The zero-order chi connectivity index (χ0) is 17.9. The number of rotatable bonds is 8. The molecule has 1 heterocycles. The molecule has 0 spiro atoms. The van der Waals surface area contributed by atoms with E-state index >= 15 is 0 Å².